The third-order valence-electron chi connectivity index (χ3n) is 3.82. The number of carbonyl (C=O) groups excluding carboxylic acids is 1. The topological polar surface area (TPSA) is 54.0 Å². The molecule has 0 spiro atoms. The summed E-state index contributed by atoms with van der Waals surface area (Å²) in [4.78, 5) is 16.5. The summed E-state index contributed by atoms with van der Waals surface area (Å²) in [7, 11) is 0. The van der Waals surface area contributed by atoms with Crippen molar-refractivity contribution in [2.45, 2.75) is 13.8 Å². The highest BCUT2D eigenvalue weighted by molar-refractivity contribution is 6.03. The minimum atomic E-state index is -0.218. The van der Waals surface area contributed by atoms with Gasteiger partial charge in [0.2, 0.25) is 0 Å². The molecule has 1 aromatic heterocycles. The molecule has 0 saturated carbocycles. The molecule has 0 radical (unpaired) electrons. The summed E-state index contributed by atoms with van der Waals surface area (Å²) >= 11 is 0. The van der Waals surface area contributed by atoms with Gasteiger partial charge in [0, 0.05) is 11.4 Å². The molecule has 4 nitrogen and oxygen atoms in total. The second kappa shape index (κ2) is 6.96. The predicted octanol–water partition coefficient (Wildman–Crippen LogP) is 4.69. The van der Waals surface area contributed by atoms with Crippen molar-refractivity contribution >= 4 is 23.0 Å². The fourth-order valence-electron chi connectivity index (χ4n) is 2.30. The maximum absolute atomic E-state index is 12.3. The Morgan fingerprint density at radius 3 is 2.25 bits per heavy atom. The van der Waals surface area contributed by atoms with Gasteiger partial charge in [-0.25, -0.2) is 4.98 Å². The van der Waals surface area contributed by atoms with Crippen LogP contribution in [0.3, 0.4) is 0 Å². The Hall–Kier alpha value is -3.14. The Morgan fingerprint density at radius 2 is 1.58 bits per heavy atom. The molecule has 2 N–H and O–H groups in total. The van der Waals surface area contributed by atoms with Gasteiger partial charge in [-0.1, -0.05) is 24.3 Å². The highest BCUT2D eigenvalue weighted by Crippen LogP contribution is 2.17. The van der Waals surface area contributed by atoms with Crippen molar-refractivity contribution in [1.82, 2.24) is 4.98 Å². The Balaban J connectivity index is 1.68. The first kappa shape index (κ1) is 15.7. The van der Waals surface area contributed by atoms with Crippen LogP contribution in [0.25, 0.3) is 0 Å². The molecule has 0 fully saturated rings. The molecule has 3 aromatic rings. The van der Waals surface area contributed by atoms with Crippen LogP contribution in [-0.4, -0.2) is 10.9 Å². The number of hydrogen-bond donors (Lipinski definition) is 2. The van der Waals surface area contributed by atoms with E-state index in [0.29, 0.717) is 5.69 Å². The normalized spacial score (nSPS) is 10.2. The van der Waals surface area contributed by atoms with Crippen molar-refractivity contribution in [3.63, 3.8) is 0 Å². The minimum absolute atomic E-state index is 0.218. The lowest BCUT2D eigenvalue weighted by molar-refractivity contribution is 0.102. The smallest absolute Gasteiger partial charge is 0.274 e. The van der Waals surface area contributed by atoms with E-state index in [-0.39, 0.29) is 5.91 Å². The van der Waals surface area contributed by atoms with E-state index in [2.05, 4.69) is 15.6 Å². The predicted molar refractivity (Wildman–Crippen MR) is 97.8 cm³/mol. The van der Waals surface area contributed by atoms with Gasteiger partial charge >= 0.3 is 0 Å². The molecule has 2 aromatic carbocycles. The lowest BCUT2D eigenvalue weighted by Crippen LogP contribution is -2.13. The zero-order chi connectivity index (χ0) is 16.9. The standard InChI is InChI=1S/C20H19N3O/c1-14-8-9-17(12-15(14)2)23-20(24)19-11-10-18(13-21-19)22-16-6-4-3-5-7-16/h3-13,22H,1-2H3,(H,23,24). The van der Waals surface area contributed by atoms with Gasteiger partial charge in [0.1, 0.15) is 5.69 Å². The summed E-state index contributed by atoms with van der Waals surface area (Å²) in [6.07, 6.45) is 1.66. The second-order valence-corrected chi connectivity index (χ2v) is 5.68. The number of pyridine rings is 1. The molecule has 3 rings (SSSR count). The summed E-state index contributed by atoms with van der Waals surface area (Å²) in [6, 6.07) is 19.2. The first-order chi connectivity index (χ1) is 11.6. The molecule has 0 aliphatic carbocycles. The van der Waals surface area contributed by atoms with Gasteiger partial charge in [-0.3, -0.25) is 4.79 Å². The number of aromatic nitrogens is 1. The molecule has 4 heteroatoms. The van der Waals surface area contributed by atoms with E-state index in [0.717, 1.165) is 22.6 Å². The van der Waals surface area contributed by atoms with Gasteiger partial charge in [0.25, 0.3) is 5.91 Å². The molecule has 120 valence electrons. The monoisotopic (exact) mass is 317 g/mol. The molecule has 0 unspecified atom stereocenters. The maximum atomic E-state index is 12.3. The number of nitrogens with one attached hydrogen (secondary N) is 2. The molecule has 1 heterocycles. The Kier molecular flexibility index (Phi) is 4.57. The molecule has 1 amide bonds. The largest absolute Gasteiger partial charge is 0.354 e. The molecule has 0 aliphatic rings. The summed E-state index contributed by atoms with van der Waals surface area (Å²) in [5.74, 6) is -0.218. The van der Waals surface area contributed by atoms with Crippen LogP contribution in [0.2, 0.25) is 0 Å². The van der Waals surface area contributed by atoms with E-state index < -0.39 is 0 Å². The van der Waals surface area contributed by atoms with Crippen LogP contribution in [0, 0.1) is 13.8 Å². The van der Waals surface area contributed by atoms with Crippen molar-refractivity contribution in [1.29, 1.82) is 0 Å². The third kappa shape index (κ3) is 3.79. The number of benzene rings is 2. The van der Waals surface area contributed by atoms with E-state index in [1.807, 2.05) is 68.4 Å². The van der Waals surface area contributed by atoms with Crippen molar-refractivity contribution in [2.24, 2.45) is 0 Å². The van der Waals surface area contributed by atoms with E-state index in [1.165, 1.54) is 5.56 Å². The zero-order valence-corrected chi connectivity index (χ0v) is 13.7. The third-order valence-corrected chi connectivity index (χ3v) is 3.82. The number of nitrogens with zero attached hydrogens (tertiary/aromatic N) is 1. The molecule has 0 bridgehead atoms. The SMILES string of the molecule is Cc1ccc(NC(=O)c2ccc(Nc3ccccc3)cn2)cc1C. The van der Waals surface area contributed by atoms with Gasteiger partial charge in [0.15, 0.2) is 0 Å². The van der Waals surface area contributed by atoms with E-state index >= 15 is 0 Å². The number of carbonyl (C=O) groups is 1. The van der Waals surface area contributed by atoms with Crippen molar-refractivity contribution in [2.75, 3.05) is 10.6 Å². The summed E-state index contributed by atoms with van der Waals surface area (Å²) in [6.45, 7) is 4.06. The first-order valence-corrected chi connectivity index (χ1v) is 7.78. The van der Waals surface area contributed by atoms with Gasteiger partial charge in [0.05, 0.1) is 11.9 Å². The van der Waals surface area contributed by atoms with Crippen LogP contribution >= 0.6 is 0 Å². The Labute approximate surface area is 141 Å². The van der Waals surface area contributed by atoms with Gasteiger partial charge < -0.3 is 10.6 Å². The average Bonchev–Trinajstić information content (AvgIpc) is 2.60. The number of aryl methyl sites for hydroxylation is 2. The maximum Gasteiger partial charge on any atom is 0.274 e. The van der Waals surface area contributed by atoms with Crippen LogP contribution in [0.15, 0.2) is 66.9 Å². The lowest BCUT2D eigenvalue weighted by atomic mass is 10.1. The zero-order valence-electron chi connectivity index (χ0n) is 13.7. The summed E-state index contributed by atoms with van der Waals surface area (Å²) in [5, 5.41) is 6.11. The van der Waals surface area contributed by atoms with Crippen molar-refractivity contribution < 1.29 is 4.79 Å². The number of rotatable bonds is 4. The van der Waals surface area contributed by atoms with Crippen LogP contribution in [-0.2, 0) is 0 Å². The first-order valence-electron chi connectivity index (χ1n) is 7.78. The molecule has 0 saturated heterocycles. The van der Waals surface area contributed by atoms with E-state index in [4.69, 9.17) is 0 Å². The molecular formula is C20H19N3O. The summed E-state index contributed by atoms with van der Waals surface area (Å²) < 4.78 is 0. The fourth-order valence-corrected chi connectivity index (χ4v) is 2.30. The van der Waals surface area contributed by atoms with Gasteiger partial charge in [-0.05, 0) is 61.4 Å². The van der Waals surface area contributed by atoms with E-state index in [9.17, 15) is 4.79 Å². The number of amides is 1. The van der Waals surface area contributed by atoms with Crippen LogP contribution in [0.4, 0.5) is 17.1 Å². The Bertz CT molecular complexity index is 843. The highest BCUT2D eigenvalue weighted by atomic mass is 16.1. The molecule has 0 aliphatic heterocycles. The Morgan fingerprint density at radius 1 is 0.833 bits per heavy atom. The highest BCUT2D eigenvalue weighted by Gasteiger charge is 2.08. The molecular weight excluding hydrogens is 298 g/mol. The van der Waals surface area contributed by atoms with E-state index in [1.54, 1.807) is 12.3 Å². The van der Waals surface area contributed by atoms with Crippen LogP contribution in [0.1, 0.15) is 21.6 Å². The molecule has 24 heavy (non-hydrogen) atoms. The number of para-hydroxylation sites is 1. The average molecular weight is 317 g/mol. The minimum Gasteiger partial charge on any atom is -0.354 e. The van der Waals surface area contributed by atoms with Crippen LogP contribution < -0.4 is 10.6 Å². The number of anilines is 3. The number of hydrogen-bond acceptors (Lipinski definition) is 3. The molecule has 0 atom stereocenters. The quantitative estimate of drug-likeness (QED) is 0.733. The fraction of sp³-hybridized carbons (Fsp3) is 0.100. The second-order valence-electron chi connectivity index (χ2n) is 5.68. The summed E-state index contributed by atoms with van der Waals surface area (Å²) in [5.41, 5.74) is 5.31. The van der Waals surface area contributed by atoms with Gasteiger partial charge in [-0.2, -0.15) is 0 Å². The van der Waals surface area contributed by atoms with Crippen molar-refractivity contribution in [3.05, 3.63) is 83.7 Å². The lowest BCUT2D eigenvalue weighted by Gasteiger charge is -2.09. The van der Waals surface area contributed by atoms with Gasteiger partial charge in [-0.15, -0.1) is 0 Å². The van der Waals surface area contributed by atoms with Crippen LogP contribution in [0.5, 0.6) is 0 Å². The van der Waals surface area contributed by atoms with Crippen molar-refractivity contribution in [3.8, 4) is 0 Å².